The van der Waals surface area contributed by atoms with Gasteiger partial charge in [0, 0.05) is 19.7 Å². The van der Waals surface area contributed by atoms with Crippen molar-refractivity contribution in [2.45, 2.75) is 51.7 Å². The first-order valence-electron chi connectivity index (χ1n) is 7.68. The van der Waals surface area contributed by atoms with Crippen molar-refractivity contribution in [3.63, 3.8) is 0 Å². The Morgan fingerprint density at radius 2 is 2.24 bits per heavy atom. The van der Waals surface area contributed by atoms with Crippen molar-refractivity contribution in [3.8, 4) is 0 Å². The molecule has 2 fully saturated rings. The highest BCUT2D eigenvalue weighted by Crippen LogP contribution is 2.30. The van der Waals surface area contributed by atoms with Crippen molar-refractivity contribution in [1.82, 2.24) is 4.90 Å². The summed E-state index contributed by atoms with van der Waals surface area (Å²) in [6, 6.07) is 0. The van der Waals surface area contributed by atoms with Crippen LogP contribution in [0.15, 0.2) is 0 Å². The fourth-order valence-electron chi connectivity index (χ4n) is 2.84. The minimum atomic E-state index is -0.845. The van der Waals surface area contributed by atoms with Crippen LogP contribution < -0.4 is 0 Å². The van der Waals surface area contributed by atoms with E-state index in [0.717, 1.165) is 25.9 Å². The lowest BCUT2D eigenvalue weighted by Gasteiger charge is -2.26. The molecule has 0 aliphatic carbocycles. The SMILES string of the molecule is C[C@H](OC[C@H]1CCCCO1)C(=O)N1CC[C@@](C)(C(=O)O)C1. The molecule has 0 aromatic heterocycles. The van der Waals surface area contributed by atoms with Gasteiger partial charge in [0.25, 0.3) is 5.91 Å². The summed E-state index contributed by atoms with van der Waals surface area (Å²) >= 11 is 0. The molecule has 21 heavy (non-hydrogen) atoms. The third kappa shape index (κ3) is 3.95. The van der Waals surface area contributed by atoms with Crippen molar-refractivity contribution >= 4 is 11.9 Å². The summed E-state index contributed by atoms with van der Waals surface area (Å²) in [5.41, 5.74) is -0.831. The lowest BCUT2D eigenvalue weighted by atomic mass is 9.90. The second-order valence-corrected chi connectivity index (χ2v) is 6.34. The molecule has 1 amide bonds. The molecule has 0 saturated carbocycles. The first-order valence-corrected chi connectivity index (χ1v) is 7.68. The Kier molecular flexibility index (Phi) is 5.22. The zero-order chi connectivity index (χ0) is 15.5. The number of hydrogen-bond acceptors (Lipinski definition) is 4. The predicted molar refractivity (Wildman–Crippen MR) is 75.9 cm³/mol. The molecule has 2 aliphatic rings. The second kappa shape index (κ2) is 6.75. The number of carboxylic acids is 1. The number of amides is 1. The third-order valence-corrected chi connectivity index (χ3v) is 4.46. The van der Waals surface area contributed by atoms with Crippen LogP contribution in [0.1, 0.15) is 39.5 Å². The summed E-state index contributed by atoms with van der Waals surface area (Å²) in [5.74, 6) is -0.974. The molecule has 120 valence electrons. The quantitative estimate of drug-likeness (QED) is 0.827. The van der Waals surface area contributed by atoms with Gasteiger partial charge in [-0.05, 0) is 39.5 Å². The molecule has 0 radical (unpaired) electrons. The van der Waals surface area contributed by atoms with Crippen LogP contribution >= 0.6 is 0 Å². The van der Waals surface area contributed by atoms with E-state index in [0.29, 0.717) is 19.6 Å². The molecule has 0 aromatic carbocycles. The molecule has 2 rings (SSSR count). The number of carboxylic acid groups (broad SMARTS) is 1. The molecule has 6 heteroatoms. The van der Waals surface area contributed by atoms with Gasteiger partial charge in [-0.2, -0.15) is 0 Å². The number of nitrogens with zero attached hydrogens (tertiary/aromatic N) is 1. The minimum Gasteiger partial charge on any atom is -0.481 e. The van der Waals surface area contributed by atoms with E-state index in [4.69, 9.17) is 9.47 Å². The molecule has 0 bridgehead atoms. The summed E-state index contributed by atoms with van der Waals surface area (Å²) in [6.45, 7) is 5.34. The minimum absolute atomic E-state index is 0.0804. The molecule has 6 nitrogen and oxygen atoms in total. The molecule has 0 aromatic rings. The molecule has 0 unspecified atom stereocenters. The van der Waals surface area contributed by atoms with Crippen LogP contribution in [-0.2, 0) is 19.1 Å². The zero-order valence-electron chi connectivity index (χ0n) is 12.8. The zero-order valence-corrected chi connectivity index (χ0v) is 12.8. The van der Waals surface area contributed by atoms with Gasteiger partial charge in [-0.1, -0.05) is 0 Å². The van der Waals surface area contributed by atoms with Gasteiger partial charge in [-0.15, -0.1) is 0 Å². The number of hydrogen-bond donors (Lipinski definition) is 1. The van der Waals surface area contributed by atoms with Crippen LogP contribution in [0.4, 0.5) is 0 Å². The monoisotopic (exact) mass is 299 g/mol. The Bertz CT molecular complexity index is 394. The molecular weight excluding hydrogens is 274 g/mol. The van der Waals surface area contributed by atoms with Crippen molar-refractivity contribution in [2.75, 3.05) is 26.3 Å². The fourth-order valence-corrected chi connectivity index (χ4v) is 2.84. The third-order valence-electron chi connectivity index (χ3n) is 4.46. The van der Waals surface area contributed by atoms with Crippen LogP contribution in [0.5, 0.6) is 0 Å². The van der Waals surface area contributed by atoms with Gasteiger partial charge in [0.1, 0.15) is 6.10 Å². The van der Waals surface area contributed by atoms with E-state index < -0.39 is 17.5 Å². The van der Waals surface area contributed by atoms with E-state index >= 15 is 0 Å². The second-order valence-electron chi connectivity index (χ2n) is 6.34. The van der Waals surface area contributed by atoms with Crippen molar-refractivity contribution in [2.24, 2.45) is 5.41 Å². The van der Waals surface area contributed by atoms with Crippen LogP contribution in [0.25, 0.3) is 0 Å². The molecule has 2 aliphatic heterocycles. The van der Waals surface area contributed by atoms with E-state index in [1.165, 1.54) is 0 Å². The molecule has 3 atom stereocenters. The predicted octanol–water partition coefficient (Wildman–Crippen LogP) is 1.28. The number of aliphatic carboxylic acids is 1. The maximum absolute atomic E-state index is 12.3. The van der Waals surface area contributed by atoms with Gasteiger partial charge < -0.3 is 19.5 Å². The van der Waals surface area contributed by atoms with Crippen LogP contribution in [-0.4, -0.2) is 60.4 Å². The van der Waals surface area contributed by atoms with Crippen molar-refractivity contribution in [1.29, 1.82) is 0 Å². The Balaban J connectivity index is 1.78. The van der Waals surface area contributed by atoms with Crippen LogP contribution in [0, 0.1) is 5.41 Å². The van der Waals surface area contributed by atoms with Crippen LogP contribution in [0.3, 0.4) is 0 Å². The smallest absolute Gasteiger partial charge is 0.311 e. The van der Waals surface area contributed by atoms with Crippen LogP contribution in [0.2, 0.25) is 0 Å². The molecule has 1 N–H and O–H groups in total. The van der Waals surface area contributed by atoms with Crippen molar-refractivity contribution in [3.05, 3.63) is 0 Å². The average molecular weight is 299 g/mol. The first kappa shape index (κ1) is 16.2. The highest BCUT2D eigenvalue weighted by Gasteiger charge is 2.43. The standard InChI is InChI=1S/C15H25NO5/c1-11(21-9-12-5-3-4-8-20-12)13(17)16-7-6-15(2,10-16)14(18)19/h11-12H,3-10H2,1-2H3,(H,18,19)/t11-,12+,15+/m0/s1. The van der Waals surface area contributed by atoms with E-state index in [-0.39, 0.29) is 18.6 Å². The number of rotatable bonds is 5. The Hall–Kier alpha value is -1.14. The fraction of sp³-hybridized carbons (Fsp3) is 0.867. The van der Waals surface area contributed by atoms with Gasteiger partial charge in [0.05, 0.1) is 18.1 Å². The first-order chi connectivity index (χ1) is 9.92. The van der Waals surface area contributed by atoms with E-state index in [2.05, 4.69) is 0 Å². The van der Waals surface area contributed by atoms with E-state index in [9.17, 15) is 14.7 Å². The van der Waals surface area contributed by atoms with Gasteiger partial charge in [-0.25, -0.2) is 0 Å². The molecular formula is C15H25NO5. The number of carbonyl (C=O) groups excluding carboxylic acids is 1. The highest BCUT2D eigenvalue weighted by atomic mass is 16.5. The lowest BCUT2D eigenvalue weighted by molar-refractivity contribution is -0.149. The summed E-state index contributed by atoms with van der Waals surface area (Å²) in [6.07, 6.45) is 3.23. The Morgan fingerprint density at radius 1 is 1.48 bits per heavy atom. The van der Waals surface area contributed by atoms with Gasteiger partial charge in [0.15, 0.2) is 0 Å². The van der Waals surface area contributed by atoms with Gasteiger partial charge in [-0.3, -0.25) is 9.59 Å². The van der Waals surface area contributed by atoms with Gasteiger partial charge >= 0.3 is 5.97 Å². The maximum Gasteiger partial charge on any atom is 0.311 e. The largest absolute Gasteiger partial charge is 0.481 e. The summed E-state index contributed by atoms with van der Waals surface area (Å²) in [4.78, 5) is 25.1. The molecule has 2 heterocycles. The lowest BCUT2D eigenvalue weighted by Crippen LogP contribution is -2.41. The van der Waals surface area contributed by atoms with E-state index in [1.807, 2.05) is 0 Å². The Morgan fingerprint density at radius 3 is 2.81 bits per heavy atom. The summed E-state index contributed by atoms with van der Waals surface area (Å²) < 4.78 is 11.2. The normalized spacial score (nSPS) is 31.1. The highest BCUT2D eigenvalue weighted by molar-refractivity contribution is 5.83. The average Bonchev–Trinajstić information content (AvgIpc) is 2.89. The van der Waals surface area contributed by atoms with Gasteiger partial charge in [0.2, 0.25) is 0 Å². The summed E-state index contributed by atoms with van der Waals surface area (Å²) in [7, 11) is 0. The molecule has 0 spiro atoms. The summed E-state index contributed by atoms with van der Waals surface area (Å²) in [5, 5.41) is 9.20. The number of carbonyl (C=O) groups is 2. The maximum atomic E-state index is 12.3. The number of likely N-dealkylation sites (tertiary alicyclic amines) is 1. The Labute approximate surface area is 125 Å². The number of ether oxygens (including phenoxy) is 2. The van der Waals surface area contributed by atoms with E-state index in [1.54, 1.807) is 18.7 Å². The molecule has 2 saturated heterocycles. The van der Waals surface area contributed by atoms with Crippen molar-refractivity contribution < 1.29 is 24.2 Å². The topological polar surface area (TPSA) is 76.1 Å².